The third-order valence-electron chi connectivity index (χ3n) is 8.40. The van der Waals surface area contributed by atoms with Gasteiger partial charge in [-0.05, 0) is 77.4 Å². The van der Waals surface area contributed by atoms with Gasteiger partial charge in [0.25, 0.3) is 0 Å². The van der Waals surface area contributed by atoms with Gasteiger partial charge < -0.3 is 0 Å². The lowest BCUT2D eigenvalue weighted by molar-refractivity contribution is 0.0981. The highest BCUT2D eigenvalue weighted by Gasteiger charge is 2.43. The van der Waals surface area contributed by atoms with E-state index in [0.29, 0.717) is 11.3 Å². The largest absolute Gasteiger partial charge is 0.0840 e. The van der Waals surface area contributed by atoms with Crippen molar-refractivity contribution in [3.63, 3.8) is 0 Å². The van der Waals surface area contributed by atoms with E-state index in [4.69, 9.17) is 11.6 Å². The first-order chi connectivity index (χ1) is 12.4. The Morgan fingerprint density at radius 1 is 1.00 bits per heavy atom. The summed E-state index contributed by atoms with van der Waals surface area (Å²) in [6.45, 7) is 19.2. The van der Waals surface area contributed by atoms with Crippen LogP contribution in [-0.2, 0) is 5.41 Å². The lowest BCUT2D eigenvalue weighted by Crippen LogP contribution is -2.40. The van der Waals surface area contributed by atoms with E-state index in [1.54, 1.807) is 0 Å². The van der Waals surface area contributed by atoms with Crippen molar-refractivity contribution in [2.45, 2.75) is 112 Å². The molecule has 0 nitrogen and oxygen atoms in total. The number of hydrogen-bond donors (Lipinski definition) is 0. The number of halogens is 1. The fourth-order valence-corrected chi connectivity index (χ4v) is 5.59. The second-order valence-electron chi connectivity index (χ2n) is 10.9. The Labute approximate surface area is 174 Å². The number of rotatable bonds is 8. The molecule has 0 N–H and O–H groups in total. The van der Waals surface area contributed by atoms with Gasteiger partial charge in [-0.25, -0.2) is 0 Å². The maximum absolute atomic E-state index is 6.81. The number of benzene rings is 1. The lowest BCUT2D eigenvalue weighted by Gasteiger charge is -2.47. The normalized spacial score (nSPS) is 18.9. The van der Waals surface area contributed by atoms with Crippen LogP contribution in [0.5, 0.6) is 0 Å². The summed E-state index contributed by atoms with van der Waals surface area (Å²) < 4.78 is 0. The van der Waals surface area contributed by atoms with Gasteiger partial charge in [0.1, 0.15) is 0 Å². The molecule has 1 aliphatic rings. The van der Waals surface area contributed by atoms with Gasteiger partial charge in [-0.1, -0.05) is 92.0 Å². The van der Waals surface area contributed by atoms with Gasteiger partial charge in [0.15, 0.2) is 0 Å². The summed E-state index contributed by atoms with van der Waals surface area (Å²) in [5.41, 5.74) is 3.40. The summed E-state index contributed by atoms with van der Waals surface area (Å²) in [7, 11) is 0. The molecular weight excluding hydrogens is 348 g/mol. The zero-order chi connectivity index (χ0) is 20.5. The van der Waals surface area contributed by atoms with E-state index in [2.05, 4.69) is 73.6 Å². The molecule has 1 unspecified atom stereocenters. The number of hydrogen-bond acceptors (Lipinski definition) is 0. The van der Waals surface area contributed by atoms with Crippen LogP contribution in [0.15, 0.2) is 18.2 Å². The van der Waals surface area contributed by atoms with Crippen LogP contribution in [0.2, 0.25) is 5.02 Å². The van der Waals surface area contributed by atoms with E-state index < -0.39 is 0 Å². The van der Waals surface area contributed by atoms with Crippen LogP contribution in [0.1, 0.15) is 117 Å². The SMILES string of the molecule is CCC(C)(CCC(C)(C)C1CCCC1)C(C)(C)c1ccc(C(C)C)cc1Cl. The monoisotopic (exact) mass is 390 g/mol. The maximum atomic E-state index is 6.81. The molecule has 1 aliphatic carbocycles. The Balaban J connectivity index is 2.24. The van der Waals surface area contributed by atoms with Gasteiger partial charge in [-0.15, -0.1) is 0 Å². The summed E-state index contributed by atoms with van der Waals surface area (Å²) in [5.74, 6) is 1.43. The molecule has 0 aromatic heterocycles. The third-order valence-corrected chi connectivity index (χ3v) is 8.72. The summed E-state index contributed by atoms with van der Waals surface area (Å²) >= 11 is 6.81. The molecular formula is C26H43Cl. The van der Waals surface area contributed by atoms with Crippen molar-refractivity contribution in [3.8, 4) is 0 Å². The van der Waals surface area contributed by atoms with Crippen molar-refractivity contribution in [1.82, 2.24) is 0 Å². The van der Waals surface area contributed by atoms with E-state index in [0.717, 1.165) is 10.9 Å². The van der Waals surface area contributed by atoms with Crippen molar-refractivity contribution in [2.75, 3.05) is 0 Å². The van der Waals surface area contributed by atoms with E-state index in [1.165, 1.54) is 56.1 Å². The average molecular weight is 391 g/mol. The summed E-state index contributed by atoms with van der Waals surface area (Å²) in [5, 5.41) is 0.945. The average Bonchev–Trinajstić information content (AvgIpc) is 3.14. The second kappa shape index (κ2) is 8.48. The standard InChI is InChI=1S/C26H43Cl/c1-9-26(8,17-16-24(4,5)21-12-10-11-13-21)25(6,7)22-15-14-20(19(2)3)18-23(22)27/h14-15,18-19,21H,9-13,16-17H2,1-8H3. The van der Waals surface area contributed by atoms with Gasteiger partial charge in [0.05, 0.1) is 0 Å². The van der Waals surface area contributed by atoms with E-state index >= 15 is 0 Å². The lowest BCUT2D eigenvalue weighted by atomic mass is 9.58. The maximum Gasteiger partial charge on any atom is 0.0446 e. The molecule has 1 fully saturated rings. The molecule has 0 aliphatic heterocycles. The Morgan fingerprint density at radius 3 is 2.07 bits per heavy atom. The van der Waals surface area contributed by atoms with Gasteiger partial charge in [0, 0.05) is 5.02 Å². The smallest absolute Gasteiger partial charge is 0.0446 e. The summed E-state index contributed by atoms with van der Waals surface area (Å²) in [6.07, 6.45) is 9.49. The molecule has 0 amide bonds. The van der Waals surface area contributed by atoms with Crippen molar-refractivity contribution in [1.29, 1.82) is 0 Å². The zero-order valence-corrected chi connectivity index (χ0v) is 20.0. The van der Waals surface area contributed by atoms with Crippen LogP contribution in [0.25, 0.3) is 0 Å². The minimum Gasteiger partial charge on any atom is -0.0840 e. The molecule has 0 heterocycles. The quantitative estimate of drug-likeness (QED) is 0.415. The Bertz CT molecular complexity index is 619. The summed E-state index contributed by atoms with van der Waals surface area (Å²) in [6, 6.07) is 6.78. The second-order valence-corrected chi connectivity index (χ2v) is 11.3. The highest BCUT2D eigenvalue weighted by atomic mass is 35.5. The van der Waals surface area contributed by atoms with Crippen LogP contribution >= 0.6 is 11.6 Å². The molecule has 1 aromatic carbocycles. The van der Waals surface area contributed by atoms with Gasteiger partial charge in [0.2, 0.25) is 0 Å². The van der Waals surface area contributed by atoms with Crippen molar-refractivity contribution in [3.05, 3.63) is 34.3 Å². The highest BCUT2D eigenvalue weighted by Crippen LogP contribution is 2.52. The van der Waals surface area contributed by atoms with E-state index in [1.807, 2.05) is 0 Å². The van der Waals surface area contributed by atoms with Crippen LogP contribution in [0.4, 0.5) is 0 Å². The molecule has 1 atom stereocenters. The fraction of sp³-hybridized carbons (Fsp3) is 0.769. The first kappa shape index (κ1) is 22.8. The molecule has 27 heavy (non-hydrogen) atoms. The first-order valence-corrected chi connectivity index (χ1v) is 11.6. The van der Waals surface area contributed by atoms with Gasteiger partial charge >= 0.3 is 0 Å². The van der Waals surface area contributed by atoms with Gasteiger partial charge in [-0.2, -0.15) is 0 Å². The van der Waals surface area contributed by atoms with Crippen LogP contribution in [0.3, 0.4) is 0 Å². The Morgan fingerprint density at radius 2 is 1.59 bits per heavy atom. The van der Waals surface area contributed by atoms with Crippen molar-refractivity contribution in [2.24, 2.45) is 16.7 Å². The molecule has 1 saturated carbocycles. The Kier molecular flexibility index (Phi) is 7.16. The highest BCUT2D eigenvalue weighted by molar-refractivity contribution is 6.31. The van der Waals surface area contributed by atoms with Crippen LogP contribution in [0, 0.1) is 16.7 Å². The predicted molar refractivity (Wildman–Crippen MR) is 122 cm³/mol. The Hall–Kier alpha value is -0.490. The van der Waals surface area contributed by atoms with Crippen LogP contribution < -0.4 is 0 Å². The van der Waals surface area contributed by atoms with Gasteiger partial charge in [-0.3, -0.25) is 0 Å². The summed E-state index contributed by atoms with van der Waals surface area (Å²) in [4.78, 5) is 0. The predicted octanol–water partition coefficient (Wildman–Crippen LogP) is 9.15. The fourth-order valence-electron chi connectivity index (χ4n) is 5.16. The topological polar surface area (TPSA) is 0 Å². The molecule has 1 heteroatoms. The molecule has 0 bridgehead atoms. The van der Waals surface area contributed by atoms with E-state index in [-0.39, 0.29) is 10.8 Å². The minimum atomic E-state index is 0.0557. The van der Waals surface area contributed by atoms with E-state index in [9.17, 15) is 0 Å². The molecule has 2 rings (SSSR count). The first-order valence-electron chi connectivity index (χ1n) is 11.2. The third kappa shape index (κ3) is 4.75. The van der Waals surface area contributed by atoms with Crippen molar-refractivity contribution < 1.29 is 0 Å². The van der Waals surface area contributed by atoms with Crippen LogP contribution in [-0.4, -0.2) is 0 Å². The molecule has 154 valence electrons. The molecule has 0 spiro atoms. The minimum absolute atomic E-state index is 0.0557. The van der Waals surface area contributed by atoms with Crippen molar-refractivity contribution >= 4 is 11.6 Å². The molecule has 0 saturated heterocycles. The molecule has 0 radical (unpaired) electrons. The zero-order valence-electron chi connectivity index (χ0n) is 19.2. The molecule has 1 aromatic rings.